The van der Waals surface area contributed by atoms with Gasteiger partial charge < -0.3 is 10.0 Å². The van der Waals surface area contributed by atoms with Gasteiger partial charge in [-0.05, 0) is 69.2 Å². The summed E-state index contributed by atoms with van der Waals surface area (Å²) in [5.74, 6) is 0.779. The van der Waals surface area contributed by atoms with Crippen molar-refractivity contribution in [3.05, 3.63) is 38.1 Å². The average molecular weight is 563 g/mol. The van der Waals surface area contributed by atoms with E-state index in [1.807, 2.05) is 39.8 Å². The maximum atomic E-state index is 11.9. The molecule has 0 saturated carbocycles. The van der Waals surface area contributed by atoms with E-state index in [1.165, 1.54) is 0 Å². The molecule has 3 rings (SSSR count). The summed E-state index contributed by atoms with van der Waals surface area (Å²) in [5.41, 5.74) is 0.560. The second-order valence-electron chi connectivity index (χ2n) is 8.74. The molecule has 0 bridgehead atoms. The first-order chi connectivity index (χ1) is 13.9. The summed E-state index contributed by atoms with van der Waals surface area (Å²) in [6.07, 6.45) is 2.30. The van der Waals surface area contributed by atoms with Gasteiger partial charge in [-0.15, -0.1) is 0 Å². The van der Waals surface area contributed by atoms with E-state index >= 15 is 0 Å². The first-order valence-corrected chi connectivity index (χ1v) is 11.5. The van der Waals surface area contributed by atoms with Gasteiger partial charge in [0.1, 0.15) is 15.2 Å². The zero-order valence-corrected chi connectivity index (χ0v) is 21.1. The number of piperidine rings is 1. The lowest BCUT2D eigenvalue weighted by Crippen LogP contribution is -2.61. The molecular weight excluding hydrogens is 538 g/mol. The fourth-order valence-corrected chi connectivity index (χ4v) is 5.21. The average Bonchev–Trinajstić information content (AvgIpc) is 2.63. The number of aromatic nitrogens is 2. The van der Waals surface area contributed by atoms with Gasteiger partial charge in [0.05, 0.1) is 16.2 Å². The minimum Gasteiger partial charge on any atom is -0.465 e. The molecule has 1 aliphatic rings. The van der Waals surface area contributed by atoms with Crippen molar-refractivity contribution in [2.45, 2.75) is 51.6 Å². The van der Waals surface area contributed by atoms with Gasteiger partial charge in [0.25, 0.3) is 0 Å². The highest BCUT2D eigenvalue weighted by Gasteiger charge is 2.44. The van der Waals surface area contributed by atoms with Gasteiger partial charge in [-0.1, -0.05) is 35.3 Å². The highest BCUT2D eigenvalue weighted by Crippen LogP contribution is 2.37. The van der Waals surface area contributed by atoms with Gasteiger partial charge in [0.2, 0.25) is 0 Å². The lowest BCUT2D eigenvalue weighted by molar-refractivity contribution is 0.0118. The number of carbonyl (C=O) groups is 1. The van der Waals surface area contributed by atoms with Gasteiger partial charge in [-0.3, -0.25) is 4.90 Å². The predicted molar refractivity (Wildman–Crippen MR) is 130 cm³/mol. The van der Waals surface area contributed by atoms with Crippen molar-refractivity contribution in [2.24, 2.45) is 0 Å². The number of carboxylic acid groups (broad SMARTS) is 1. The van der Waals surface area contributed by atoms with Crippen molar-refractivity contribution in [3.8, 4) is 11.3 Å². The number of rotatable bonds is 3. The molecule has 9 heteroatoms. The third-order valence-electron chi connectivity index (χ3n) is 5.49. The number of benzene rings is 1. The molecule has 1 N–H and O–H groups in total. The standard InChI is InChI=1S/C21H25Cl2IN4O2/c1-20(2,3)28(19(29)30)21(4)8-10-27(11-9-21)15-12-25-17(18(24)26-15)13-6-5-7-14(22)16(13)23/h5-7,12H,8-11H2,1-4H3,(H,29,30). The number of hydrogen-bond donors (Lipinski definition) is 1. The van der Waals surface area contributed by atoms with E-state index in [9.17, 15) is 9.90 Å². The summed E-state index contributed by atoms with van der Waals surface area (Å²) in [4.78, 5) is 25.0. The van der Waals surface area contributed by atoms with Gasteiger partial charge in [-0.25, -0.2) is 14.8 Å². The third kappa shape index (κ3) is 4.62. The van der Waals surface area contributed by atoms with Crippen molar-refractivity contribution >= 4 is 57.7 Å². The summed E-state index contributed by atoms with van der Waals surface area (Å²) in [5, 5.41) is 10.7. The lowest BCUT2D eigenvalue weighted by atomic mass is 9.84. The van der Waals surface area contributed by atoms with E-state index in [1.54, 1.807) is 17.2 Å². The van der Waals surface area contributed by atoms with Crippen molar-refractivity contribution < 1.29 is 9.90 Å². The summed E-state index contributed by atoms with van der Waals surface area (Å²) in [6.45, 7) is 9.25. The summed E-state index contributed by atoms with van der Waals surface area (Å²) in [7, 11) is 0. The SMILES string of the molecule is CC(C)(C)N(C(=O)O)C1(C)CCN(c2cnc(-c3cccc(Cl)c3Cl)c(I)n2)CC1. The van der Waals surface area contributed by atoms with Crippen molar-refractivity contribution in [3.63, 3.8) is 0 Å². The molecule has 0 spiro atoms. The fourth-order valence-electron chi connectivity index (χ4n) is 4.15. The molecule has 1 aliphatic heterocycles. The van der Waals surface area contributed by atoms with Crippen LogP contribution in [0.15, 0.2) is 24.4 Å². The van der Waals surface area contributed by atoms with Crippen LogP contribution in [0.2, 0.25) is 10.0 Å². The van der Waals surface area contributed by atoms with Crippen LogP contribution in [-0.2, 0) is 0 Å². The van der Waals surface area contributed by atoms with Crippen LogP contribution in [0.1, 0.15) is 40.5 Å². The molecule has 2 heterocycles. The third-order valence-corrected chi connectivity index (χ3v) is 7.06. The number of amides is 1. The molecule has 1 aromatic heterocycles. The van der Waals surface area contributed by atoms with Crippen molar-refractivity contribution in [2.75, 3.05) is 18.0 Å². The summed E-state index contributed by atoms with van der Waals surface area (Å²) >= 11 is 14.6. The zero-order valence-electron chi connectivity index (χ0n) is 17.4. The summed E-state index contributed by atoms with van der Waals surface area (Å²) < 4.78 is 0.740. The molecule has 0 radical (unpaired) electrons. The van der Waals surface area contributed by atoms with Crippen LogP contribution in [0.4, 0.5) is 10.6 Å². The van der Waals surface area contributed by atoms with Crippen LogP contribution >= 0.6 is 45.8 Å². The van der Waals surface area contributed by atoms with Crippen LogP contribution in [0.3, 0.4) is 0 Å². The van der Waals surface area contributed by atoms with Crippen LogP contribution in [0.5, 0.6) is 0 Å². The monoisotopic (exact) mass is 562 g/mol. The second kappa shape index (κ2) is 8.67. The molecule has 162 valence electrons. The quantitative estimate of drug-likeness (QED) is 0.451. The maximum absolute atomic E-state index is 11.9. The van der Waals surface area contributed by atoms with E-state index in [-0.39, 0.29) is 0 Å². The molecule has 0 unspecified atom stereocenters. The van der Waals surface area contributed by atoms with Crippen molar-refractivity contribution in [1.82, 2.24) is 14.9 Å². The molecule has 30 heavy (non-hydrogen) atoms. The van der Waals surface area contributed by atoms with Gasteiger partial charge in [0.15, 0.2) is 0 Å². The van der Waals surface area contributed by atoms with E-state index in [0.717, 1.165) is 27.9 Å². The molecule has 0 atom stereocenters. The Balaban J connectivity index is 1.80. The number of nitrogens with zero attached hydrogens (tertiary/aromatic N) is 4. The molecule has 2 aromatic rings. The Morgan fingerprint density at radius 3 is 2.43 bits per heavy atom. The molecule has 1 fully saturated rings. The highest BCUT2D eigenvalue weighted by molar-refractivity contribution is 14.1. The first kappa shape index (κ1) is 23.3. The van der Waals surface area contributed by atoms with E-state index < -0.39 is 17.2 Å². The second-order valence-corrected chi connectivity index (χ2v) is 10.5. The smallest absolute Gasteiger partial charge is 0.408 e. The number of anilines is 1. The van der Waals surface area contributed by atoms with E-state index in [2.05, 4.69) is 32.5 Å². The molecule has 1 saturated heterocycles. The fraction of sp³-hybridized carbons (Fsp3) is 0.476. The van der Waals surface area contributed by atoms with Gasteiger partial charge >= 0.3 is 6.09 Å². The Labute approximate surface area is 200 Å². The minimum absolute atomic E-state index is 0.421. The molecule has 1 amide bonds. The maximum Gasteiger partial charge on any atom is 0.408 e. The Morgan fingerprint density at radius 1 is 1.27 bits per heavy atom. The van der Waals surface area contributed by atoms with Crippen LogP contribution in [-0.4, -0.2) is 50.2 Å². The van der Waals surface area contributed by atoms with Crippen LogP contribution < -0.4 is 4.90 Å². The molecule has 0 aliphatic carbocycles. The number of halogens is 3. The highest BCUT2D eigenvalue weighted by atomic mass is 127. The summed E-state index contributed by atoms with van der Waals surface area (Å²) in [6, 6.07) is 5.45. The molecular formula is C21H25Cl2IN4O2. The zero-order chi connectivity index (χ0) is 22.3. The van der Waals surface area contributed by atoms with Crippen LogP contribution in [0, 0.1) is 3.70 Å². The Morgan fingerprint density at radius 2 is 1.90 bits per heavy atom. The van der Waals surface area contributed by atoms with E-state index in [0.29, 0.717) is 28.8 Å². The Hall–Kier alpha value is -1.32. The minimum atomic E-state index is -0.879. The van der Waals surface area contributed by atoms with Crippen molar-refractivity contribution in [1.29, 1.82) is 0 Å². The largest absolute Gasteiger partial charge is 0.465 e. The lowest BCUT2D eigenvalue weighted by Gasteiger charge is -2.51. The Kier molecular flexibility index (Phi) is 6.74. The topological polar surface area (TPSA) is 69.6 Å². The molecule has 6 nitrogen and oxygen atoms in total. The van der Waals surface area contributed by atoms with E-state index in [4.69, 9.17) is 28.2 Å². The Bertz CT molecular complexity index is 957. The molecule has 1 aromatic carbocycles. The normalized spacial score (nSPS) is 16.4. The van der Waals surface area contributed by atoms with Gasteiger partial charge in [0, 0.05) is 29.7 Å². The number of hydrogen-bond acceptors (Lipinski definition) is 4. The van der Waals surface area contributed by atoms with Crippen LogP contribution in [0.25, 0.3) is 11.3 Å². The predicted octanol–water partition coefficient (Wildman–Crippen LogP) is 6.19. The van der Waals surface area contributed by atoms with Gasteiger partial charge in [-0.2, -0.15) is 0 Å². The first-order valence-electron chi connectivity index (χ1n) is 9.69.